The average molecular weight is 718 g/mol. The molecule has 51 heavy (non-hydrogen) atoms. The normalized spacial score (nSPS) is 17.9. The molecular formula is C40H48ClN3O7. The van der Waals surface area contributed by atoms with Crippen molar-refractivity contribution in [2.45, 2.75) is 65.1 Å². The molecule has 11 heteroatoms. The van der Waals surface area contributed by atoms with E-state index in [0.29, 0.717) is 53.8 Å². The topological polar surface area (TPSA) is 129 Å². The number of likely N-dealkylation sites (N-methyl/N-ethyl adjacent to an activating group) is 1. The Kier molecular flexibility index (Phi) is 12.1. The standard InChI is InChI=1S/C40H48ClN3O7/c1-25-19-32(41)35(20-26(25)2)51-18-17-50-30-13-11-27(12-14-30)31-21-29-22-44(36(46)15-16-40(3,4)39(48)49)23-33(42-29)37(31)38(47)43(5)24-34(45)28-9-7-6-8-10-28/h6-14,19-20,29,33-34,42,45H,15-18,21-24H2,1-5H3,(H,48,49)/t29-,33-,34-/m1/s1. The molecule has 3 N–H and O–H groups in total. The second kappa shape index (κ2) is 16.3. The number of carbonyl (C=O) groups is 3. The fourth-order valence-corrected chi connectivity index (χ4v) is 6.79. The van der Waals surface area contributed by atoms with E-state index in [1.54, 1.807) is 25.8 Å². The van der Waals surface area contributed by atoms with Gasteiger partial charge in [-0.25, -0.2) is 0 Å². The van der Waals surface area contributed by atoms with Crippen molar-refractivity contribution < 1.29 is 34.1 Å². The minimum absolute atomic E-state index is 0.0882. The van der Waals surface area contributed by atoms with Crippen molar-refractivity contribution in [3.8, 4) is 11.5 Å². The molecule has 2 bridgehead atoms. The molecule has 3 aromatic rings. The van der Waals surface area contributed by atoms with E-state index in [1.807, 2.05) is 80.6 Å². The van der Waals surface area contributed by atoms with Crippen molar-refractivity contribution in [1.29, 1.82) is 0 Å². The van der Waals surface area contributed by atoms with Crippen LogP contribution in [0.5, 0.6) is 11.5 Å². The van der Waals surface area contributed by atoms with Gasteiger partial charge in [0.05, 0.1) is 29.1 Å². The highest BCUT2D eigenvalue weighted by molar-refractivity contribution is 6.32. The molecule has 0 aliphatic carbocycles. The van der Waals surface area contributed by atoms with Crippen LogP contribution in [0.2, 0.25) is 5.02 Å². The Labute approximate surface area is 305 Å². The fraction of sp³-hybridized carbons (Fsp3) is 0.425. The van der Waals surface area contributed by atoms with E-state index in [4.69, 9.17) is 21.1 Å². The lowest BCUT2D eigenvalue weighted by molar-refractivity contribution is -0.148. The summed E-state index contributed by atoms with van der Waals surface area (Å²) in [5.74, 6) is -0.0419. The van der Waals surface area contributed by atoms with Crippen LogP contribution >= 0.6 is 11.6 Å². The van der Waals surface area contributed by atoms with Crippen LogP contribution in [0.4, 0.5) is 0 Å². The third-order valence-corrected chi connectivity index (χ3v) is 10.2. The first-order valence-corrected chi connectivity index (χ1v) is 17.7. The molecule has 2 amide bonds. The lowest BCUT2D eigenvalue weighted by atomic mass is 9.82. The zero-order valence-corrected chi connectivity index (χ0v) is 30.7. The Morgan fingerprint density at radius 1 is 1.00 bits per heavy atom. The molecule has 272 valence electrons. The monoisotopic (exact) mass is 717 g/mol. The quantitative estimate of drug-likeness (QED) is 0.178. The van der Waals surface area contributed by atoms with Crippen LogP contribution in [-0.4, -0.2) is 89.8 Å². The molecule has 2 heterocycles. The highest BCUT2D eigenvalue weighted by Gasteiger charge is 2.41. The number of aliphatic hydroxyl groups is 1. The lowest BCUT2D eigenvalue weighted by Gasteiger charge is -2.45. The SMILES string of the molecule is Cc1cc(Cl)c(OCCOc2ccc(C3=C(C(=O)N(C)C[C@@H](O)c4ccccc4)[C@H]4CN(C(=O)CCC(C)(C)C(=O)O)C[C@@H](C3)N4)cc2)cc1C. The minimum atomic E-state index is -1.02. The first kappa shape index (κ1) is 37.9. The summed E-state index contributed by atoms with van der Waals surface area (Å²) in [6, 6.07) is 20.1. The number of nitrogens with zero attached hydrogens (tertiary/aromatic N) is 2. The van der Waals surface area contributed by atoms with Gasteiger partial charge >= 0.3 is 5.97 Å². The number of carboxylic acid groups (broad SMARTS) is 1. The molecular weight excluding hydrogens is 670 g/mol. The van der Waals surface area contributed by atoms with Crippen molar-refractivity contribution in [2.75, 3.05) is 39.9 Å². The summed E-state index contributed by atoms with van der Waals surface area (Å²) >= 11 is 6.34. The highest BCUT2D eigenvalue weighted by atomic mass is 35.5. The molecule has 2 aliphatic rings. The number of aliphatic hydroxyl groups excluding tert-OH is 1. The second-order valence-electron chi connectivity index (χ2n) is 14.2. The summed E-state index contributed by atoms with van der Waals surface area (Å²) in [7, 11) is 1.68. The van der Waals surface area contributed by atoms with Gasteiger partial charge in [0.2, 0.25) is 5.91 Å². The number of benzene rings is 3. The molecule has 0 unspecified atom stereocenters. The number of nitrogens with one attached hydrogen (secondary N) is 1. The van der Waals surface area contributed by atoms with Gasteiger partial charge in [-0.2, -0.15) is 0 Å². The van der Waals surface area contributed by atoms with E-state index >= 15 is 0 Å². The molecule has 0 aromatic heterocycles. The number of rotatable bonds is 14. The van der Waals surface area contributed by atoms with Gasteiger partial charge in [-0.1, -0.05) is 54.1 Å². The van der Waals surface area contributed by atoms with Gasteiger partial charge in [0.1, 0.15) is 24.7 Å². The minimum Gasteiger partial charge on any atom is -0.490 e. The van der Waals surface area contributed by atoms with Crippen molar-refractivity contribution >= 4 is 35.0 Å². The third-order valence-electron chi connectivity index (χ3n) is 9.87. The van der Waals surface area contributed by atoms with Gasteiger partial charge in [-0.15, -0.1) is 0 Å². The maximum Gasteiger partial charge on any atom is 0.309 e. The molecule has 3 aromatic carbocycles. The zero-order valence-electron chi connectivity index (χ0n) is 29.9. The number of fused-ring (bicyclic) bond motifs is 2. The molecule has 1 fully saturated rings. The van der Waals surface area contributed by atoms with Gasteiger partial charge < -0.3 is 34.8 Å². The summed E-state index contributed by atoms with van der Waals surface area (Å²) in [6.07, 6.45) is -0.0526. The molecule has 5 rings (SSSR count). The number of carboxylic acids is 1. The summed E-state index contributed by atoms with van der Waals surface area (Å²) in [6.45, 7) is 8.67. The van der Waals surface area contributed by atoms with E-state index in [2.05, 4.69) is 5.32 Å². The van der Waals surface area contributed by atoms with Crippen LogP contribution in [0, 0.1) is 19.3 Å². The average Bonchev–Trinajstić information content (AvgIpc) is 3.11. The van der Waals surface area contributed by atoms with Gasteiger partial charge in [0.15, 0.2) is 0 Å². The summed E-state index contributed by atoms with van der Waals surface area (Å²) in [5, 5.41) is 24.6. The van der Waals surface area contributed by atoms with Gasteiger partial charge in [-0.3, -0.25) is 14.4 Å². The predicted octanol–water partition coefficient (Wildman–Crippen LogP) is 5.82. The number of carbonyl (C=O) groups excluding carboxylic acids is 2. The predicted molar refractivity (Wildman–Crippen MR) is 197 cm³/mol. The van der Waals surface area contributed by atoms with Gasteiger partial charge in [-0.05, 0) is 92.6 Å². The highest BCUT2D eigenvalue weighted by Crippen LogP contribution is 2.36. The molecule has 0 radical (unpaired) electrons. The molecule has 2 aliphatic heterocycles. The molecule has 3 atom stereocenters. The Morgan fingerprint density at radius 2 is 1.67 bits per heavy atom. The van der Waals surface area contributed by atoms with Crippen LogP contribution in [0.3, 0.4) is 0 Å². The summed E-state index contributed by atoms with van der Waals surface area (Å²) < 4.78 is 11.8. The third kappa shape index (κ3) is 9.30. The first-order chi connectivity index (χ1) is 24.2. The van der Waals surface area contributed by atoms with E-state index in [0.717, 1.165) is 22.3 Å². The van der Waals surface area contributed by atoms with Crippen LogP contribution in [-0.2, 0) is 14.4 Å². The van der Waals surface area contributed by atoms with Crippen molar-refractivity contribution in [2.24, 2.45) is 5.41 Å². The number of piperazine rings is 1. The van der Waals surface area contributed by atoms with E-state index in [-0.39, 0.29) is 43.8 Å². The maximum absolute atomic E-state index is 14.3. The zero-order chi connectivity index (χ0) is 36.9. The first-order valence-electron chi connectivity index (χ1n) is 17.3. The van der Waals surface area contributed by atoms with Crippen LogP contribution in [0.25, 0.3) is 5.57 Å². The number of halogens is 1. The Bertz CT molecular complexity index is 1760. The van der Waals surface area contributed by atoms with Crippen LogP contribution in [0.15, 0.2) is 72.3 Å². The number of ether oxygens (including phenoxy) is 2. The van der Waals surface area contributed by atoms with Crippen molar-refractivity contribution in [1.82, 2.24) is 15.1 Å². The number of amides is 2. The maximum atomic E-state index is 14.3. The Hall–Kier alpha value is -4.38. The Morgan fingerprint density at radius 3 is 2.35 bits per heavy atom. The van der Waals surface area contributed by atoms with Gasteiger partial charge in [0, 0.05) is 38.2 Å². The van der Waals surface area contributed by atoms with Crippen LogP contribution < -0.4 is 14.8 Å². The van der Waals surface area contributed by atoms with Gasteiger partial charge in [0.25, 0.3) is 5.91 Å². The van der Waals surface area contributed by atoms with Crippen molar-refractivity contribution in [3.05, 3.63) is 99.6 Å². The van der Waals surface area contributed by atoms with E-state index < -0.39 is 23.5 Å². The molecule has 0 spiro atoms. The smallest absolute Gasteiger partial charge is 0.309 e. The number of hydrogen-bond donors (Lipinski definition) is 3. The molecule has 10 nitrogen and oxygen atoms in total. The van der Waals surface area contributed by atoms with Crippen molar-refractivity contribution in [3.63, 3.8) is 0 Å². The largest absolute Gasteiger partial charge is 0.490 e. The number of hydrogen-bond acceptors (Lipinski definition) is 7. The summed E-state index contributed by atoms with van der Waals surface area (Å²) in [4.78, 5) is 42.6. The fourth-order valence-electron chi connectivity index (χ4n) is 6.51. The van der Waals surface area contributed by atoms with E-state index in [1.165, 1.54) is 4.90 Å². The summed E-state index contributed by atoms with van der Waals surface area (Å²) in [5.41, 5.74) is 4.19. The second-order valence-corrected chi connectivity index (χ2v) is 14.6. The molecule has 0 saturated carbocycles. The van der Waals surface area contributed by atoms with E-state index in [9.17, 15) is 24.6 Å². The number of aryl methyl sites for hydroxylation is 2. The Balaban J connectivity index is 1.33. The lowest BCUT2D eigenvalue weighted by Crippen LogP contribution is -2.62. The number of aliphatic carboxylic acids is 1. The van der Waals surface area contributed by atoms with Crippen LogP contribution in [0.1, 0.15) is 61.5 Å². The molecule has 1 saturated heterocycles.